The van der Waals surface area contributed by atoms with Crippen molar-refractivity contribution < 1.29 is 14.5 Å². The molecule has 0 spiro atoms. The molecule has 0 atom stereocenters. The van der Waals surface area contributed by atoms with Crippen LogP contribution in [-0.4, -0.2) is 53.5 Å². The van der Waals surface area contributed by atoms with Crippen molar-refractivity contribution in [3.8, 4) is 5.75 Å². The van der Waals surface area contributed by atoms with Crippen molar-refractivity contribution in [2.75, 3.05) is 37.7 Å². The molecule has 26 heavy (non-hydrogen) atoms. The van der Waals surface area contributed by atoms with Crippen LogP contribution in [0, 0.1) is 10.1 Å². The number of amides is 1. The topological polar surface area (TPSA) is 88.8 Å². The minimum Gasteiger partial charge on any atom is -0.482 e. The van der Waals surface area contributed by atoms with Crippen LogP contribution in [0.2, 0.25) is 5.02 Å². The van der Waals surface area contributed by atoms with Crippen molar-refractivity contribution in [3.05, 3.63) is 57.7 Å². The Morgan fingerprint density at radius 3 is 2.54 bits per heavy atom. The van der Waals surface area contributed by atoms with Gasteiger partial charge in [0.2, 0.25) is 0 Å². The fourth-order valence-corrected chi connectivity index (χ4v) is 2.87. The van der Waals surface area contributed by atoms with Crippen LogP contribution in [0.3, 0.4) is 0 Å². The van der Waals surface area contributed by atoms with Crippen LogP contribution in [0.15, 0.2) is 42.6 Å². The van der Waals surface area contributed by atoms with Crippen molar-refractivity contribution in [1.29, 1.82) is 0 Å². The number of carbonyl (C=O) groups is 1. The van der Waals surface area contributed by atoms with Gasteiger partial charge in [-0.25, -0.2) is 0 Å². The van der Waals surface area contributed by atoms with Crippen molar-refractivity contribution in [3.63, 3.8) is 0 Å². The third-order valence-corrected chi connectivity index (χ3v) is 4.42. The van der Waals surface area contributed by atoms with E-state index in [1.807, 2.05) is 4.90 Å². The van der Waals surface area contributed by atoms with Crippen LogP contribution in [0.1, 0.15) is 0 Å². The van der Waals surface area contributed by atoms with Crippen LogP contribution in [0.25, 0.3) is 0 Å². The lowest BCUT2D eigenvalue weighted by Crippen LogP contribution is -2.50. The quantitative estimate of drug-likeness (QED) is 0.588. The number of rotatable bonds is 5. The van der Waals surface area contributed by atoms with Gasteiger partial charge >= 0.3 is 5.82 Å². The first-order valence-corrected chi connectivity index (χ1v) is 8.43. The van der Waals surface area contributed by atoms with Crippen molar-refractivity contribution in [2.24, 2.45) is 0 Å². The predicted octanol–water partition coefficient (Wildman–Crippen LogP) is 2.37. The third-order valence-electron chi connectivity index (χ3n) is 4.10. The molecule has 1 fully saturated rings. The molecule has 0 radical (unpaired) electrons. The molecular weight excluding hydrogens is 360 g/mol. The summed E-state index contributed by atoms with van der Waals surface area (Å²) in [6.45, 7) is 2.26. The number of benzene rings is 1. The highest BCUT2D eigenvalue weighted by atomic mass is 35.5. The summed E-state index contributed by atoms with van der Waals surface area (Å²) in [5.74, 6) is 0.198. The first kappa shape index (κ1) is 17.9. The molecule has 1 amide bonds. The highest BCUT2D eigenvalue weighted by Crippen LogP contribution is 2.23. The number of carbonyl (C=O) groups excluding carboxylic acids is 1. The number of anilines is 1. The van der Waals surface area contributed by atoms with E-state index in [-0.39, 0.29) is 18.3 Å². The molecule has 1 aromatic heterocycles. The minimum atomic E-state index is -0.528. The summed E-state index contributed by atoms with van der Waals surface area (Å²) >= 11 is 6.01. The van der Waals surface area contributed by atoms with E-state index in [2.05, 4.69) is 4.98 Å². The largest absolute Gasteiger partial charge is 0.482 e. The molecule has 9 heteroatoms. The number of ether oxygens (including phenoxy) is 1. The van der Waals surface area contributed by atoms with Gasteiger partial charge in [0.1, 0.15) is 5.75 Å². The Bertz CT molecular complexity index is 792. The fraction of sp³-hybridized carbons (Fsp3) is 0.294. The first-order valence-electron chi connectivity index (χ1n) is 8.05. The smallest absolute Gasteiger partial charge is 0.363 e. The number of pyridine rings is 1. The van der Waals surface area contributed by atoms with E-state index in [9.17, 15) is 14.9 Å². The van der Waals surface area contributed by atoms with Crippen LogP contribution < -0.4 is 9.64 Å². The van der Waals surface area contributed by atoms with E-state index >= 15 is 0 Å². The molecule has 0 N–H and O–H groups in total. The summed E-state index contributed by atoms with van der Waals surface area (Å²) in [5, 5.41) is 11.1. The van der Waals surface area contributed by atoms with Gasteiger partial charge in [-0.1, -0.05) is 23.7 Å². The Kier molecular flexibility index (Phi) is 5.52. The van der Waals surface area contributed by atoms with E-state index in [1.54, 1.807) is 35.2 Å². The Balaban J connectivity index is 1.50. The number of nitro groups is 1. The number of para-hydroxylation sites is 1. The number of halogens is 1. The number of hydrogen-bond acceptors (Lipinski definition) is 6. The summed E-state index contributed by atoms with van der Waals surface area (Å²) < 4.78 is 5.49. The molecule has 1 saturated heterocycles. The Hall–Kier alpha value is -2.87. The van der Waals surface area contributed by atoms with Gasteiger partial charge in [0.05, 0.1) is 10.7 Å². The second-order valence-corrected chi connectivity index (χ2v) is 6.13. The van der Waals surface area contributed by atoms with Gasteiger partial charge in [0.15, 0.2) is 12.8 Å². The number of piperazine rings is 1. The van der Waals surface area contributed by atoms with Gasteiger partial charge in [-0.3, -0.25) is 4.79 Å². The maximum atomic E-state index is 12.3. The lowest BCUT2D eigenvalue weighted by Gasteiger charge is -2.35. The molecule has 0 saturated carbocycles. The second kappa shape index (κ2) is 8.01. The average molecular weight is 377 g/mol. The van der Waals surface area contributed by atoms with Gasteiger partial charge in [-0.05, 0) is 28.1 Å². The highest BCUT2D eigenvalue weighted by Gasteiger charge is 2.23. The van der Waals surface area contributed by atoms with Crippen LogP contribution in [0.5, 0.6) is 5.75 Å². The van der Waals surface area contributed by atoms with E-state index in [0.717, 1.165) is 5.69 Å². The molecule has 3 rings (SSSR count). The molecule has 0 bridgehead atoms. The molecule has 2 heterocycles. The van der Waals surface area contributed by atoms with Gasteiger partial charge in [-0.15, -0.1) is 0 Å². The summed E-state index contributed by atoms with van der Waals surface area (Å²) in [6, 6.07) is 10.1. The zero-order chi connectivity index (χ0) is 18.5. The molecular formula is C17H17ClN4O4. The van der Waals surface area contributed by atoms with E-state index in [1.165, 1.54) is 12.3 Å². The number of aromatic nitrogens is 1. The summed E-state index contributed by atoms with van der Waals surface area (Å²) in [6.07, 6.45) is 1.48. The standard InChI is InChI=1S/C17H17ClN4O4/c18-14-3-1-2-4-15(14)26-12-17(23)21-9-7-20(8-10-21)13-5-6-16(19-11-13)22(24)25/h1-6,11H,7-10,12H2. The van der Waals surface area contributed by atoms with Gasteiger partial charge in [0, 0.05) is 32.2 Å². The first-order chi connectivity index (χ1) is 12.5. The molecule has 8 nitrogen and oxygen atoms in total. The lowest BCUT2D eigenvalue weighted by atomic mass is 10.2. The molecule has 1 aliphatic heterocycles. The SMILES string of the molecule is O=C(COc1ccccc1Cl)N1CCN(c2ccc([N+](=O)[O-])nc2)CC1. The van der Waals surface area contributed by atoms with Gasteiger partial charge in [0.25, 0.3) is 5.91 Å². The molecule has 1 aliphatic rings. The maximum Gasteiger partial charge on any atom is 0.363 e. The highest BCUT2D eigenvalue weighted by molar-refractivity contribution is 6.32. The Labute approximate surface area is 155 Å². The number of nitrogens with zero attached hydrogens (tertiary/aromatic N) is 4. The Morgan fingerprint density at radius 1 is 1.19 bits per heavy atom. The molecule has 0 unspecified atom stereocenters. The zero-order valence-electron chi connectivity index (χ0n) is 13.9. The van der Waals surface area contributed by atoms with Crippen molar-refractivity contribution >= 4 is 29.0 Å². The summed E-state index contributed by atoms with van der Waals surface area (Å²) in [4.78, 5) is 30.0. The summed E-state index contributed by atoms with van der Waals surface area (Å²) in [7, 11) is 0. The van der Waals surface area contributed by atoms with E-state index in [0.29, 0.717) is 37.0 Å². The zero-order valence-corrected chi connectivity index (χ0v) is 14.6. The fourth-order valence-electron chi connectivity index (χ4n) is 2.68. The normalized spacial score (nSPS) is 14.2. The molecule has 1 aromatic carbocycles. The molecule has 136 valence electrons. The van der Waals surface area contributed by atoms with E-state index in [4.69, 9.17) is 16.3 Å². The van der Waals surface area contributed by atoms with E-state index < -0.39 is 4.92 Å². The minimum absolute atomic E-state index is 0.0666. The van der Waals surface area contributed by atoms with Gasteiger partial charge in [-0.2, -0.15) is 0 Å². The summed E-state index contributed by atoms with van der Waals surface area (Å²) in [5.41, 5.74) is 0.801. The van der Waals surface area contributed by atoms with Crippen LogP contribution in [-0.2, 0) is 4.79 Å². The molecule has 0 aliphatic carbocycles. The maximum absolute atomic E-state index is 12.3. The van der Waals surface area contributed by atoms with Crippen molar-refractivity contribution in [2.45, 2.75) is 0 Å². The van der Waals surface area contributed by atoms with Crippen molar-refractivity contribution in [1.82, 2.24) is 9.88 Å². The predicted molar refractivity (Wildman–Crippen MR) is 96.6 cm³/mol. The van der Waals surface area contributed by atoms with Crippen LogP contribution >= 0.6 is 11.6 Å². The second-order valence-electron chi connectivity index (χ2n) is 5.72. The monoisotopic (exact) mass is 376 g/mol. The Morgan fingerprint density at radius 2 is 1.92 bits per heavy atom. The van der Waals surface area contributed by atoms with Crippen LogP contribution in [0.4, 0.5) is 11.5 Å². The number of hydrogen-bond donors (Lipinski definition) is 0. The molecule has 2 aromatic rings. The third kappa shape index (κ3) is 4.20. The average Bonchev–Trinajstić information content (AvgIpc) is 2.67. The lowest BCUT2D eigenvalue weighted by molar-refractivity contribution is -0.389. The van der Waals surface area contributed by atoms with Gasteiger partial charge < -0.3 is 24.7 Å².